The van der Waals surface area contributed by atoms with E-state index in [4.69, 9.17) is 0 Å². The molecule has 23 heavy (non-hydrogen) atoms. The molecule has 1 unspecified atom stereocenters. The van der Waals surface area contributed by atoms with Gasteiger partial charge in [-0.15, -0.1) is 0 Å². The SMILES string of the molecule is CC(C)C(O)C(C)(C)CNC(=O)C(=O)Nc1cccc(F)c1F. The number of carbonyl (C=O) groups is 2. The lowest BCUT2D eigenvalue weighted by Crippen LogP contribution is -2.46. The highest BCUT2D eigenvalue weighted by Crippen LogP contribution is 2.25. The molecule has 128 valence electrons. The summed E-state index contributed by atoms with van der Waals surface area (Å²) in [6.45, 7) is 7.25. The molecule has 0 saturated carbocycles. The van der Waals surface area contributed by atoms with Crippen LogP contribution in [0, 0.1) is 23.0 Å². The van der Waals surface area contributed by atoms with Crippen molar-refractivity contribution in [2.45, 2.75) is 33.8 Å². The first-order valence-electron chi connectivity index (χ1n) is 7.27. The topological polar surface area (TPSA) is 78.4 Å². The second-order valence-corrected chi connectivity index (χ2v) is 6.42. The number of aliphatic hydroxyl groups excluding tert-OH is 1. The van der Waals surface area contributed by atoms with Crippen molar-refractivity contribution in [1.82, 2.24) is 5.32 Å². The van der Waals surface area contributed by atoms with Crippen molar-refractivity contribution in [3.05, 3.63) is 29.8 Å². The van der Waals surface area contributed by atoms with Crippen LogP contribution in [0.4, 0.5) is 14.5 Å². The smallest absolute Gasteiger partial charge is 0.313 e. The predicted molar refractivity (Wildman–Crippen MR) is 82.6 cm³/mol. The van der Waals surface area contributed by atoms with Crippen molar-refractivity contribution in [3.63, 3.8) is 0 Å². The molecule has 0 radical (unpaired) electrons. The van der Waals surface area contributed by atoms with E-state index in [0.717, 1.165) is 12.1 Å². The van der Waals surface area contributed by atoms with Gasteiger partial charge >= 0.3 is 11.8 Å². The van der Waals surface area contributed by atoms with E-state index in [1.54, 1.807) is 13.8 Å². The van der Waals surface area contributed by atoms with Gasteiger partial charge in [0, 0.05) is 12.0 Å². The van der Waals surface area contributed by atoms with Crippen molar-refractivity contribution in [2.75, 3.05) is 11.9 Å². The van der Waals surface area contributed by atoms with Gasteiger partial charge in [0.1, 0.15) is 0 Å². The molecule has 1 aromatic carbocycles. The monoisotopic (exact) mass is 328 g/mol. The average molecular weight is 328 g/mol. The summed E-state index contributed by atoms with van der Waals surface area (Å²) in [5.74, 6) is -4.47. The minimum Gasteiger partial charge on any atom is -0.392 e. The molecule has 0 fully saturated rings. The van der Waals surface area contributed by atoms with Crippen LogP contribution in [0.5, 0.6) is 0 Å². The number of aliphatic hydroxyl groups is 1. The number of rotatable bonds is 5. The third-order valence-electron chi connectivity index (χ3n) is 3.54. The van der Waals surface area contributed by atoms with Crippen molar-refractivity contribution >= 4 is 17.5 Å². The average Bonchev–Trinajstić information content (AvgIpc) is 2.48. The lowest BCUT2D eigenvalue weighted by atomic mass is 9.81. The second-order valence-electron chi connectivity index (χ2n) is 6.42. The fourth-order valence-electron chi connectivity index (χ4n) is 2.17. The molecule has 0 bridgehead atoms. The Morgan fingerprint density at radius 2 is 1.83 bits per heavy atom. The molecule has 0 spiro atoms. The lowest BCUT2D eigenvalue weighted by molar-refractivity contribution is -0.136. The highest BCUT2D eigenvalue weighted by molar-refractivity contribution is 6.39. The zero-order valence-electron chi connectivity index (χ0n) is 13.6. The van der Waals surface area contributed by atoms with Crippen LogP contribution in [-0.4, -0.2) is 29.6 Å². The van der Waals surface area contributed by atoms with Crippen LogP contribution in [0.2, 0.25) is 0 Å². The minimum atomic E-state index is -1.23. The maximum Gasteiger partial charge on any atom is 0.313 e. The molecule has 0 aliphatic heterocycles. The summed E-state index contributed by atoms with van der Waals surface area (Å²) in [6, 6.07) is 3.27. The summed E-state index contributed by atoms with van der Waals surface area (Å²) in [5.41, 5.74) is -1.06. The molecule has 2 amide bonds. The lowest BCUT2D eigenvalue weighted by Gasteiger charge is -2.33. The number of hydrogen-bond acceptors (Lipinski definition) is 3. The fourth-order valence-corrected chi connectivity index (χ4v) is 2.17. The summed E-state index contributed by atoms with van der Waals surface area (Å²) in [7, 11) is 0. The molecular formula is C16H22F2N2O3. The molecule has 5 nitrogen and oxygen atoms in total. The van der Waals surface area contributed by atoms with Gasteiger partial charge in [0.25, 0.3) is 0 Å². The highest BCUT2D eigenvalue weighted by Gasteiger charge is 2.31. The Morgan fingerprint density at radius 3 is 2.39 bits per heavy atom. The van der Waals surface area contributed by atoms with Crippen LogP contribution in [0.3, 0.4) is 0 Å². The third-order valence-corrected chi connectivity index (χ3v) is 3.54. The normalized spacial score (nSPS) is 12.9. The third kappa shape index (κ3) is 4.99. The van der Waals surface area contributed by atoms with E-state index in [0.29, 0.717) is 0 Å². The molecule has 0 aliphatic carbocycles. The van der Waals surface area contributed by atoms with Crippen LogP contribution in [0.15, 0.2) is 18.2 Å². The zero-order chi connectivity index (χ0) is 17.8. The largest absolute Gasteiger partial charge is 0.392 e. The van der Waals surface area contributed by atoms with E-state index in [-0.39, 0.29) is 12.5 Å². The molecule has 0 aromatic heterocycles. The second kappa shape index (κ2) is 7.50. The summed E-state index contributed by atoms with van der Waals surface area (Å²) < 4.78 is 26.5. The molecule has 0 heterocycles. The zero-order valence-corrected chi connectivity index (χ0v) is 13.6. The Labute approximate surface area is 134 Å². The van der Waals surface area contributed by atoms with Gasteiger partial charge in [0.05, 0.1) is 11.8 Å². The van der Waals surface area contributed by atoms with E-state index in [2.05, 4.69) is 5.32 Å². The number of hydrogen-bond donors (Lipinski definition) is 3. The van der Waals surface area contributed by atoms with Crippen LogP contribution in [0.1, 0.15) is 27.7 Å². The van der Waals surface area contributed by atoms with Crippen molar-refractivity contribution < 1.29 is 23.5 Å². The predicted octanol–water partition coefficient (Wildman–Crippen LogP) is 2.06. The molecule has 0 aliphatic rings. The molecule has 1 atom stereocenters. The number of nitrogens with one attached hydrogen (secondary N) is 2. The molecular weight excluding hydrogens is 306 g/mol. The highest BCUT2D eigenvalue weighted by atomic mass is 19.2. The number of amides is 2. The quantitative estimate of drug-likeness (QED) is 0.724. The Morgan fingerprint density at radius 1 is 1.22 bits per heavy atom. The van der Waals surface area contributed by atoms with E-state index in [9.17, 15) is 23.5 Å². The van der Waals surface area contributed by atoms with Crippen LogP contribution in [0.25, 0.3) is 0 Å². The van der Waals surface area contributed by atoms with Crippen LogP contribution >= 0.6 is 0 Å². The Hall–Kier alpha value is -2.02. The van der Waals surface area contributed by atoms with Crippen LogP contribution < -0.4 is 10.6 Å². The van der Waals surface area contributed by atoms with Crippen molar-refractivity contribution in [2.24, 2.45) is 11.3 Å². The van der Waals surface area contributed by atoms with Gasteiger partial charge in [0.2, 0.25) is 0 Å². The molecule has 1 aromatic rings. The van der Waals surface area contributed by atoms with Gasteiger partial charge in [-0.05, 0) is 18.1 Å². The van der Waals surface area contributed by atoms with Gasteiger partial charge in [-0.3, -0.25) is 9.59 Å². The van der Waals surface area contributed by atoms with Gasteiger partial charge < -0.3 is 15.7 Å². The van der Waals surface area contributed by atoms with Gasteiger partial charge in [-0.2, -0.15) is 0 Å². The summed E-state index contributed by atoms with van der Waals surface area (Å²) in [6.07, 6.45) is -0.675. The summed E-state index contributed by atoms with van der Waals surface area (Å²) in [4.78, 5) is 23.5. The molecule has 1 rings (SSSR count). The minimum absolute atomic E-state index is 0.0166. The van der Waals surface area contributed by atoms with Gasteiger partial charge in [-0.1, -0.05) is 33.8 Å². The maximum absolute atomic E-state index is 13.4. The summed E-state index contributed by atoms with van der Waals surface area (Å²) in [5, 5.41) is 14.5. The first kappa shape index (κ1) is 19.0. The number of halogens is 2. The maximum atomic E-state index is 13.4. The molecule has 7 heteroatoms. The first-order valence-corrected chi connectivity index (χ1v) is 7.27. The molecule has 0 saturated heterocycles. The van der Waals surface area contributed by atoms with Crippen LogP contribution in [-0.2, 0) is 9.59 Å². The molecule has 3 N–H and O–H groups in total. The van der Waals surface area contributed by atoms with E-state index >= 15 is 0 Å². The van der Waals surface area contributed by atoms with E-state index in [1.807, 2.05) is 19.2 Å². The summed E-state index contributed by atoms with van der Waals surface area (Å²) >= 11 is 0. The van der Waals surface area contributed by atoms with E-state index in [1.165, 1.54) is 6.07 Å². The van der Waals surface area contributed by atoms with Gasteiger partial charge in [-0.25, -0.2) is 8.78 Å². The first-order chi connectivity index (χ1) is 10.6. The number of benzene rings is 1. The fraction of sp³-hybridized carbons (Fsp3) is 0.500. The van der Waals surface area contributed by atoms with Crippen molar-refractivity contribution in [3.8, 4) is 0 Å². The number of anilines is 1. The Kier molecular flexibility index (Phi) is 6.20. The van der Waals surface area contributed by atoms with E-state index < -0.39 is 40.7 Å². The standard InChI is InChI=1S/C16H22F2N2O3/c1-9(2)13(21)16(3,4)8-19-14(22)15(23)20-11-7-5-6-10(17)12(11)18/h5-7,9,13,21H,8H2,1-4H3,(H,19,22)(H,20,23). The van der Waals surface area contributed by atoms with Gasteiger partial charge in [0.15, 0.2) is 11.6 Å². The van der Waals surface area contributed by atoms with Crippen molar-refractivity contribution in [1.29, 1.82) is 0 Å². The Bertz CT molecular complexity index is 589. The number of carbonyl (C=O) groups excluding carboxylic acids is 2. The Balaban J connectivity index is 2.65.